The van der Waals surface area contributed by atoms with E-state index in [9.17, 15) is 14.0 Å². The number of nitrogens with one attached hydrogen (secondary N) is 2. The van der Waals surface area contributed by atoms with Gasteiger partial charge in [0.15, 0.2) is 0 Å². The normalized spacial score (nSPS) is 10.2. The topological polar surface area (TPSA) is 102 Å². The lowest BCUT2D eigenvalue weighted by Gasteiger charge is -2.02. The molecule has 8 nitrogen and oxygen atoms in total. The van der Waals surface area contributed by atoms with E-state index in [1.54, 1.807) is 0 Å². The minimum Gasteiger partial charge on any atom is -0.358 e. The predicted octanol–water partition coefficient (Wildman–Crippen LogP) is -0.659. The molecule has 0 saturated carbocycles. The summed E-state index contributed by atoms with van der Waals surface area (Å²) in [4.78, 5) is 23.6. The molecule has 0 radical (unpaired) electrons. The van der Waals surface area contributed by atoms with Crippen molar-refractivity contribution in [1.29, 1.82) is 0 Å². The molecule has 1 aromatic carbocycles. The number of carbonyl (C=O) groups excluding carboxylic acids is 2. The van der Waals surface area contributed by atoms with Crippen LogP contribution in [0.2, 0.25) is 0 Å². The zero-order chi connectivity index (χ0) is 15.2. The molecule has 0 spiro atoms. The highest BCUT2D eigenvalue weighted by molar-refractivity contribution is 5.84. The van der Waals surface area contributed by atoms with Gasteiger partial charge in [0.2, 0.25) is 17.6 Å². The van der Waals surface area contributed by atoms with Gasteiger partial charge in [-0.15, -0.1) is 10.2 Å². The number of hydrogen-bond acceptors (Lipinski definition) is 5. The maximum absolute atomic E-state index is 12.8. The molecule has 0 aliphatic heterocycles. The summed E-state index contributed by atoms with van der Waals surface area (Å²) in [6.07, 6.45) is 0. The Morgan fingerprint density at radius 1 is 1.24 bits per heavy atom. The van der Waals surface area contributed by atoms with E-state index in [4.69, 9.17) is 0 Å². The number of benzene rings is 1. The van der Waals surface area contributed by atoms with E-state index in [2.05, 4.69) is 26.0 Å². The van der Waals surface area contributed by atoms with Crippen LogP contribution in [0.4, 0.5) is 4.39 Å². The van der Waals surface area contributed by atoms with Gasteiger partial charge < -0.3 is 10.6 Å². The Morgan fingerprint density at radius 3 is 2.62 bits per heavy atom. The summed E-state index contributed by atoms with van der Waals surface area (Å²) >= 11 is 0. The van der Waals surface area contributed by atoms with Gasteiger partial charge in [0, 0.05) is 12.6 Å². The lowest BCUT2D eigenvalue weighted by molar-refractivity contribution is -0.126. The van der Waals surface area contributed by atoms with Crippen molar-refractivity contribution >= 4 is 11.8 Å². The summed E-state index contributed by atoms with van der Waals surface area (Å²) in [5.74, 6) is -0.794. The van der Waals surface area contributed by atoms with Crippen LogP contribution >= 0.6 is 0 Å². The molecule has 0 saturated heterocycles. The summed E-state index contributed by atoms with van der Waals surface area (Å²) < 4.78 is 12.8. The van der Waals surface area contributed by atoms with Crippen LogP contribution in [0.1, 0.15) is 0 Å². The zero-order valence-electron chi connectivity index (χ0n) is 11.2. The molecule has 2 rings (SSSR count). The largest absolute Gasteiger partial charge is 0.358 e. The van der Waals surface area contributed by atoms with Crippen LogP contribution in [0, 0.1) is 5.82 Å². The van der Waals surface area contributed by atoms with Crippen molar-refractivity contribution in [3.8, 4) is 11.4 Å². The molecule has 1 heterocycles. The molecule has 0 bridgehead atoms. The minimum atomic E-state index is -0.415. The lowest BCUT2D eigenvalue weighted by atomic mass is 10.2. The first-order chi connectivity index (χ1) is 10.1. The summed E-state index contributed by atoms with van der Waals surface area (Å²) in [6, 6.07) is 5.60. The predicted molar refractivity (Wildman–Crippen MR) is 70.3 cm³/mol. The first-order valence-corrected chi connectivity index (χ1v) is 6.09. The number of hydrogen-bond donors (Lipinski definition) is 2. The SMILES string of the molecule is CNC(=O)CNC(=O)Cn1nnc(-c2ccc(F)cc2)n1. The molecule has 1 aromatic heterocycles. The van der Waals surface area contributed by atoms with E-state index in [0.717, 1.165) is 4.80 Å². The summed E-state index contributed by atoms with van der Waals surface area (Å²) in [7, 11) is 1.47. The maximum Gasteiger partial charge on any atom is 0.244 e. The molecule has 0 unspecified atom stereocenters. The van der Waals surface area contributed by atoms with Crippen molar-refractivity contribution in [1.82, 2.24) is 30.8 Å². The summed E-state index contributed by atoms with van der Waals surface area (Å²) in [5.41, 5.74) is 0.591. The first-order valence-electron chi connectivity index (χ1n) is 6.09. The van der Waals surface area contributed by atoms with Gasteiger partial charge >= 0.3 is 0 Å². The monoisotopic (exact) mass is 292 g/mol. The van der Waals surface area contributed by atoms with Gasteiger partial charge in [0.05, 0.1) is 6.54 Å². The molecule has 0 aliphatic carbocycles. The standard InChI is InChI=1S/C12H13FN6O2/c1-14-10(20)6-15-11(21)7-19-17-12(16-18-19)8-2-4-9(13)5-3-8/h2-5H,6-7H2,1H3,(H,14,20)(H,15,21). The third kappa shape index (κ3) is 4.06. The van der Waals surface area contributed by atoms with Gasteiger partial charge in [-0.3, -0.25) is 9.59 Å². The number of nitrogens with zero attached hydrogens (tertiary/aromatic N) is 4. The number of halogens is 1. The van der Waals surface area contributed by atoms with Crippen LogP contribution in [0.3, 0.4) is 0 Å². The maximum atomic E-state index is 12.8. The second kappa shape index (κ2) is 6.55. The third-order valence-electron chi connectivity index (χ3n) is 2.57. The van der Waals surface area contributed by atoms with Crippen LogP contribution in [0.25, 0.3) is 11.4 Å². The minimum absolute atomic E-state index is 0.116. The average molecular weight is 292 g/mol. The van der Waals surface area contributed by atoms with Crippen LogP contribution in [0.5, 0.6) is 0 Å². The smallest absolute Gasteiger partial charge is 0.244 e. The highest BCUT2D eigenvalue weighted by Crippen LogP contribution is 2.13. The Labute approximate surface area is 119 Å². The molecule has 0 aliphatic rings. The van der Waals surface area contributed by atoms with Gasteiger partial charge in [-0.05, 0) is 29.5 Å². The molecule has 2 N–H and O–H groups in total. The van der Waals surface area contributed by atoms with E-state index in [1.807, 2.05) is 0 Å². The molecular weight excluding hydrogens is 279 g/mol. The average Bonchev–Trinajstić information content (AvgIpc) is 2.94. The highest BCUT2D eigenvalue weighted by Gasteiger charge is 2.10. The number of likely N-dealkylation sites (N-methyl/N-ethyl adjacent to an activating group) is 1. The van der Waals surface area contributed by atoms with Crippen LogP contribution < -0.4 is 10.6 Å². The number of amides is 2. The molecule has 0 atom stereocenters. The molecular formula is C12H13FN6O2. The van der Waals surface area contributed by atoms with Gasteiger partial charge in [-0.25, -0.2) is 4.39 Å². The summed E-state index contributed by atoms with van der Waals surface area (Å²) in [5, 5.41) is 16.3. The van der Waals surface area contributed by atoms with E-state index < -0.39 is 5.91 Å². The fourth-order valence-electron chi connectivity index (χ4n) is 1.48. The molecule has 21 heavy (non-hydrogen) atoms. The Hall–Kier alpha value is -2.84. The van der Waals surface area contributed by atoms with Gasteiger partial charge in [0.25, 0.3) is 0 Å². The first kappa shape index (κ1) is 14.6. The molecule has 2 aromatic rings. The Morgan fingerprint density at radius 2 is 1.95 bits per heavy atom. The number of tetrazole rings is 1. The Bertz CT molecular complexity index is 639. The molecule has 2 amide bonds. The van der Waals surface area contributed by atoms with Crippen LogP contribution in [-0.2, 0) is 16.1 Å². The fourth-order valence-corrected chi connectivity index (χ4v) is 1.48. The summed E-state index contributed by atoms with van der Waals surface area (Å²) in [6.45, 7) is -0.278. The van der Waals surface area contributed by atoms with Gasteiger partial charge in [-0.2, -0.15) is 4.80 Å². The lowest BCUT2D eigenvalue weighted by Crippen LogP contribution is -2.37. The number of aromatic nitrogens is 4. The molecule has 0 fully saturated rings. The van der Waals surface area contributed by atoms with Gasteiger partial charge in [0.1, 0.15) is 12.4 Å². The Balaban J connectivity index is 1.95. The van der Waals surface area contributed by atoms with Crippen LogP contribution in [0.15, 0.2) is 24.3 Å². The van der Waals surface area contributed by atoms with Crippen molar-refractivity contribution in [2.75, 3.05) is 13.6 Å². The second-order valence-corrected chi connectivity index (χ2v) is 4.10. The van der Waals surface area contributed by atoms with Crippen LogP contribution in [-0.4, -0.2) is 45.6 Å². The highest BCUT2D eigenvalue weighted by atomic mass is 19.1. The molecule has 9 heteroatoms. The zero-order valence-corrected chi connectivity index (χ0v) is 11.2. The van der Waals surface area contributed by atoms with Crippen molar-refractivity contribution < 1.29 is 14.0 Å². The number of carbonyl (C=O) groups is 2. The molecule has 110 valence electrons. The van der Waals surface area contributed by atoms with E-state index >= 15 is 0 Å². The van der Waals surface area contributed by atoms with Crippen molar-refractivity contribution in [2.45, 2.75) is 6.54 Å². The third-order valence-corrected chi connectivity index (χ3v) is 2.57. The van der Waals surface area contributed by atoms with E-state index in [1.165, 1.54) is 31.3 Å². The number of rotatable bonds is 5. The van der Waals surface area contributed by atoms with Gasteiger partial charge in [-0.1, -0.05) is 0 Å². The van der Waals surface area contributed by atoms with Crippen molar-refractivity contribution in [3.05, 3.63) is 30.1 Å². The Kier molecular flexibility index (Phi) is 4.54. The van der Waals surface area contributed by atoms with E-state index in [-0.39, 0.29) is 30.6 Å². The van der Waals surface area contributed by atoms with Crippen molar-refractivity contribution in [2.24, 2.45) is 0 Å². The van der Waals surface area contributed by atoms with E-state index in [0.29, 0.717) is 5.56 Å². The van der Waals surface area contributed by atoms with Crippen molar-refractivity contribution in [3.63, 3.8) is 0 Å². The quantitative estimate of drug-likeness (QED) is 0.762. The fraction of sp³-hybridized carbons (Fsp3) is 0.250. The second-order valence-electron chi connectivity index (χ2n) is 4.10.